The normalized spacial score (nSPS) is 20.4. The smallest absolute Gasteiger partial charge is 0.315 e. The van der Waals surface area contributed by atoms with Gasteiger partial charge in [0.05, 0.1) is 5.54 Å². The van der Waals surface area contributed by atoms with Gasteiger partial charge in [-0.05, 0) is 43.7 Å². The van der Waals surface area contributed by atoms with E-state index >= 15 is 0 Å². The van der Waals surface area contributed by atoms with Gasteiger partial charge in [-0.25, -0.2) is 4.79 Å². The van der Waals surface area contributed by atoms with Crippen molar-refractivity contribution < 1.29 is 14.7 Å². The molecule has 0 saturated carbocycles. The van der Waals surface area contributed by atoms with Crippen LogP contribution < -0.4 is 10.6 Å². The number of benzene rings is 1. The summed E-state index contributed by atoms with van der Waals surface area (Å²) in [5, 5.41) is 14.3. The van der Waals surface area contributed by atoms with Crippen molar-refractivity contribution in [1.82, 2.24) is 10.6 Å². The van der Waals surface area contributed by atoms with E-state index in [4.69, 9.17) is 5.11 Å². The summed E-state index contributed by atoms with van der Waals surface area (Å²) < 4.78 is 0. The molecule has 0 heterocycles. The Kier molecular flexibility index (Phi) is 4.83. The first kappa shape index (κ1) is 15.4. The zero-order valence-electron chi connectivity index (χ0n) is 12.3. The van der Waals surface area contributed by atoms with Crippen molar-refractivity contribution in [3.8, 4) is 0 Å². The molecule has 0 saturated heterocycles. The summed E-state index contributed by atoms with van der Waals surface area (Å²) in [6.45, 7) is 2.41. The van der Waals surface area contributed by atoms with Crippen LogP contribution in [0.5, 0.6) is 0 Å². The van der Waals surface area contributed by atoms with Gasteiger partial charge in [-0.2, -0.15) is 0 Å². The molecule has 0 fully saturated rings. The molecule has 1 atom stereocenters. The highest BCUT2D eigenvalue weighted by Crippen LogP contribution is 2.34. The maximum absolute atomic E-state index is 12.0. The largest absolute Gasteiger partial charge is 0.481 e. The second kappa shape index (κ2) is 6.61. The maximum atomic E-state index is 12.0. The maximum Gasteiger partial charge on any atom is 0.315 e. The number of nitrogens with one attached hydrogen (secondary N) is 2. The summed E-state index contributed by atoms with van der Waals surface area (Å²) >= 11 is 0. The summed E-state index contributed by atoms with van der Waals surface area (Å²) in [5.41, 5.74) is 2.11. The lowest BCUT2D eigenvalue weighted by Crippen LogP contribution is -2.49. The van der Waals surface area contributed by atoms with Crippen molar-refractivity contribution in [2.75, 3.05) is 6.54 Å². The number of aliphatic carboxylic acids is 1. The standard InChI is InChI=1S/C16H22N2O3/c1-16(18-15(21)17-11-5-9-14(19)20)10-4-7-12-6-2-3-8-13(12)16/h2-3,6,8H,4-5,7,9-11H2,1H3,(H,19,20)(H2,17,18,21). The van der Waals surface area contributed by atoms with E-state index in [-0.39, 0.29) is 18.0 Å². The number of hydrogen-bond donors (Lipinski definition) is 3. The van der Waals surface area contributed by atoms with Crippen molar-refractivity contribution in [3.05, 3.63) is 35.4 Å². The number of fused-ring (bicyclic) bond motifs is 1. The lowest BCUT2D eigenvalue weighted by Gasteiger charge is -2.36. The number of carboxylic acid groups (broad SMARTS) is 1. The molecule has 0 bridgehead atoms. The summed E-state index contributed by atoms with van der Waals surface area (Å²) in [5.74, 6) is -0.842. The molecule has 2 amide bonds. The van der Waals surface area contributed by atoms with E-state index in [1.54, 1.807) is 0 Å². The number of urea groups is 1. The van der Waals surface area contributed by atoms with Crippen LogP contribution >= 0.6 is 0 Å². The number of carbonyl (C=O) groups is 2. The topological polar surface area (TPSA) is 78.4 Å². The van der Waals surface area contributed by atoms with Crippen LogP contribution in [0.3, 0.4) is 0 Å². The molecule has 0 aliphatic heterocycles. The van der Waals surface area contributed by atoms with Crippen LogP contribution in [0.15, 0.2) is 24.3 Å². The number of amides is 2. The fourth-order valence-electron chi connectivity index (χ4n) is 2.91. The first-order chi connectivity index (χ1) is 10.0. The summed E-state index contributed by atoms with van der Waals surface area (Å²) in [6.07, 6.45) is 3.52. The summed E-state index contributed by atoms with van der Waals surface area (Å²) in [6, 6.07) is 7.96. The minimum Gasteiger partial charge on any atom is -0.481 e. The number of carboxylic acids is 1. The van der Waals surface area contributed by atoms with Crippen LogP contribution in [0.2, 0.25) is 0 Å². The third-order valence-corrected chi connectivity index (χ3v) is 3.98. The molecule has 5 nitrogen and oxygen atoms in total. The minimum atomic E-state index is -0.842. The molecule has 1 unspecified atom stereocenters. The van der Waals surface area contributed by atoms with Crippen LogP contribution in [-0.4, -0.2) is 23.7 Å². The predicted octanol–water partition coefficient (Wildman–Crippen LogP) is 2.40. The van der Waals surface area contributed by atoms with E-state index in [1.807, 2.05) is 19.1 Å². The van der Waals surface area contributed by atoms with Gasteiger partial charge in [0.25, 0.3) is 0 Å². The van der Waals surface area contributed by atoms with Crippen molar-refractivity contribution in [2.45, 2.75) is 44.6 Å². The van der Waals surface area contributed by atoms with Crippen LogP contribution in [-0.2, 0) is 16.8 Å². The molecular weight excluding hydrogens is 268 g/mol. The van der Waals surface area contributed by atoms with Crippen LogP contribution in [0.1, 0.15) is 43.7 Å². The van der Waals surface area contributed by atoms with E-state index < -0.39 is 5.97 Å². The van der Waals surface area contributed by atoms with E-state index in [9.17, 15) is 9.59 Å². The Morgan fingerprint density at radius 2 is 2.10 bits per heavy atom. The zero-order valence-corrected chi connectivity index (χ0v) is 12.3. The molecule has 114 valence electrons. The molecule has 3 N–H and O–H groups in total. The van der Waals surface area contributed by atoms with Crippen molar-refractivity contribution >= 4 is 12.0 Å². The fourth-order valence-corrected chi connectivity index (χ4v) is 2.91. The molecular formula is C16H22N2O3. The van der Waals surface area contributed by atoms with Crippen molar-refractivity contribution in [2.24, 2.45) is 0 Å². The average Bonchev–Trinajstić information content (AvgIpc) is 2.44. The highest BCUT2D eigenvalue weighted by molar-refractivity contribution is 5.75. The Morgan fingerprint density at radius 1 is 1.33 bits per heavy atom. The highest BCUT2D eigenvalue weighted by atomic mass is 16.4. The van der Waals surface area contributed by atoms with Gasteiger partial charge in [0.2, 0.25) is 0 Å². The molecule has 1 aliphatic carbocycles. The third kappa shape index (κ3) is 3.97. The first-order valence-electron chi connectivity index (χ1n) is 7.37. The average molecular weight is 290 g/mol. The quantitative estimate of drug-likeness (QED) is 0.729. The van der Waals surface area contributed by atoms with Gasteiger partial charge < -0.3 is 15.7 Å². The van der Waals surface area contributed by atoms with Crippen molar-refractivity contribution in [1.29, 1.82) is 0 Å². The number of hydrogen-bond acceptors (Lipinski definition) is 2. The molecule has 2 rings (SSSR count). The van der Waals surface area contributed by atoms with Gasteiger partial charge in [-0.15, -0.1) is 0 Å². The molecule has 0 aromatic heterocycles. The first-order valence-corrected chi connectivity index (χ1v) is 7.37. The summed E-state index contributed by atoms with van der Waals surface area (Å²) in [7, 11) is 0. The molecule has 1 aromatic rings. The third-order valence-electron chi connectivity index (χ3n) is 3.98. The van der Waals surface area contributed by atoms with Gasteiger partial charge in [-0.1, -0.05) is 24.3 Å². The summed E-state index contributed by atoms with van der Waals surface area (Å²) in [4.78, 5) is 22.4. The molecule has 5 heteroatoms. The Bertz CT molecular complexity index is 530. The van der Waals surface area contributed by atoms with Crippen LogP contribution in [0.4, 0.5) is 4.79 Å². The highest BCUT2D eigenvalue weighted by Gasteiger charge is 2.32. The molecule has 1 aliphatic rings. The van der Waals surface area contributed by atoms with E-state index in [2.05, 4.69) is 22.8 Å². The monoisotopic (exact) mass is 290 g/mol. The van der Waals surface area contributed by atoms with Gasteiger partial charge in [0, 0.05) is 13.0 Å². The Labute approximate surface area is 124 Å². The van der Waals surface area contributed by atoms with E-state index in [1.165, 1.54) is 11.1 Å². The van der Waals surface area contributed by atoms with Crippen LogP contribution in [0.25, 0.3) is 0 Å². The number of rotatable bonds is 5. The lowest BCUT2D eigenvalue weighted by molar-refractivity contribution is -0.137. The van der Waals surface area contributed by atoms with Crippen LogP contribution in [0, 0.1) is 0 Å². The molecule has 21 heavy (non-hydrogen) atoms. The Hall–Kier alpha value is -2.04. The minimum absolute atomic E-state index is 0.0698. The SMILES string of the molecule is CC1(NC(=O)NCCCC(=O)O)CCCc2ccccc21. The Balaban J connectivity index is 1.93. The number of aryl methyl sites for hydroxylation is 1. The number of carbonyl (C=O) groups excluding carboxylic acids is 1. The zero-order chi connectivity index (χ0) is 15.3. The van der Waals surface area contributed by atoms with E-state index in [0.29, 0.717) is 13.0 Å². The molecule has 1 aromatic carbocycles. The van der Waals surface area contributed by atoms with Crippen molar-refractivity contribution in [3.63, 3.8) is 0 Å². The van der Waals surface area contributed by atoms with Gasteiger partial charge >= 0.3 is 12.0 Å². The van der Waals surface area contributed by atoms with Gasteiger partial charge in [-0.3, -0.25) is 4.79 Å². The van der Waals surface area contributed by atoms with Gasteiger partial charge in [0.1, 0.15) is 0 Å². The Morgan fingerprint density at radius 3 is 2.86 bits per heavy atom. The predicted molar refractivity (Wildman–Crippen MR) is 80.1 cm³/mol. The van der Waals surface area contributed by atoms with E-state index in [0.717, 1.165) is 19.3 Å². The molecule has 0 radical (unpaired) electrons. The molecule has 0 spiro atoms. The fraction of sp³-hybridized carbons (Fsp3) is 0.500. The lowest BCUT2D eigenvalue weighted by atomic mass is 9.78. The second-order valence-corrected chi connectivity index (χ2v) is 5.72. The van der Waals surface area contributed by atoms with Gasteiger partial charge in [0.15, 0.2) is 0 Å². The second-order valence-electron chi connectivity index (χ2n) is 5.72.